The van der Waals surface area contributed by atoms with E-state index in [1.807, 2.05) is 11.9 Å². The van der Waals surface area contributed by atoms with Crippen molar-refractivity contribution in [1.29, 1.82) is 0 Å². The Morgan fingerprint density at radius 3 is 3.00 bits per heavy atom. The van der Waals surface area contributed by atoms with E-state index in [1.54, 1.807) is 0 Å². The molecule has 0 aromatic rings. The van der Waals surface area contributed by atoms with Crippen molar-refractivity contribution in [3.63, 3.8) is 0 Å². The van der Waals surface area contributed by atoms with Crippen LogP contribution in [0, 0.1) is 0 Å². The topological polar surface area (TPSA) is 25.0 Å². The number of thiocarbonyl (C=S) groups is 1. The molecule has 3 unspecified atom stereocenters. The number of rotatable bonds is 0. The van der Waals surface area contributed by atoms with Crippen molar-refractivity contribution in [2.24, 2.45) is 0 Å². The molecule has 4 heteroatoms. The molecule has 0 bridgehead atoms. The Balaban J connectivity index is 2.14. The molecule has 56 valence electrons. The summed E-state index contributed by atoms with van der Waals surface area (Å²) in [6.45, 7) is 2.08. The first-order chi connectivity index (χ1) is 4.70. The van der Waals surface area contributed by atoms with Crippen LogP contribution >= 0.6 is 12.2 Å². The Bertz CT molecular complexity index is 185. The van der Waals surface area contributed by atoms with Gasteiger partial charge in [-0.1, -0.05) is 0 Å². The summed E-state index contributed by atoms with van der Waals surface area (Å²) in [7, 11) is 1.92. The highest BCUT2D eigenvalue weighted by molar-refractivity contribution is 7.80. The Morgan fingerprint density at radius 1 is 1.60 bits per heavy atom. The summed E-state index contributed by atoms with van der Waals surface area (Å²) < 4.78 is 10.4. The molecule has 0 amide bonds. The van der Waals surface area contributed by atoms with Gasteiger partial charge in [0.25, 0.3) is 5.17 Å². The lowest BCUT2D eigenvalue weighted by Gasteiger charge is -2.28. The van der Waals surface area contributed by atoms with Crippen LogP contribution in [-0.4, -0.2) is 35.6 Å². The molecule has 0 saturated carbocycles. The third-order valence-corrected chi connectivity index (χ3v) is 2.46. The van der Waals surface area contributed by atoms with Gasteiger partial charge in [-0.2, -0.15) is 0 Å². The Kier molecular flexibility index (Phi) is 1.16. The SMILES string of the molecule is CC1C2OC2OC(=S)N1C. The number of hydrogen-bond acceptors (Lipinski definition) is 3. The zero-order valence-electron chi connectivity index (χ0n) is 5.90. The lowest BCUT2D eigenvalue weighted by atomic mass is 10.2. The minimum atomic E-state index is -0.0429. The molecule has 3 nitrogen and oxygen atoms in total. The predicted octanol–water partition coefficient (Wildman–Crippen LogP) is 0.347. The number of hydrogen-bond donors (Lipinski definition) is 0. The van der Waals surface area contributed by atoms with E-state index >= 15 is 0 Å². The minimum absolute atomic E-state index is 0.0429. The standard InChI is InChI=1S/C6H9NO2S/c1-3-4-5(8-4)9-6(10)7(3)2/h3-5H,1-2H3. The monoisotopic (exact) mass is 159 g/mol. The first-order valence-corrected chi connectivity index (χ1v) is 3.70. The summed E-state index contributed by atoms with van der Waals surface area (Å²) in [6, 6.07) is 0.367. The molecule has 0 aliphatic carbocycles. The van der Waals surface area contributed by atoms with Crippen LogP contribution in [0.25, 0.3) is 0 Å². The van der Waals surface area contributed by atoms with Crippen molar-refractivity contribution in [1.82, 2.24) is 4.90 Å². The molecule has 2 fully saturated rings. The zero-order chi connectivity index (χ0) is 7.30. The maximum Gasteiger partial charge on any atom is 0.261 e. The van der Waals surface area contributed by atoms with E-state index in [9.17, 15) is 0 Å². The van der Waals surface area contributed by atoms with Crippen LogP contribution in [0.1, 0.15) is 6.92 Å². The second-order valence-electron chi connectivity index (χ2n) is 2.70. The maximum atomic E-state index is 5.18. The van der Waals surface area contributed by atoms with E-state index in [-0.39, 0.29) is 12.4 Å². The van der Waals surface area contributed by atoms with Crippen LogP contribution < -0.4 is 0 Å². The quantitative estimate of drug-likeness (QED) is 0.376. The Labute approximate surface area is 64.9 Å². The van der Waals surface area contributed by atoms with Gasteiger partial charge < -0.3 is 14.4 Å². The van der Waals surface area contributed by atoms with Gasteiger partial charge in [0.15, 0.2) is 0 Å². The molecule has 0 N–H and O–H groups in total. The number of fused-ring (bicyclic) bond motifs is 1. The predicted molar refractivity (Wildman–Crippen MR) is 39.6 cm³/mol. The third kappa shape index (κ3) is 0.722. The number of ether oxygens (including phenoxy) is 2. The van der Waals surface area contributed by atoms with Crippen molar-refractivity contribution in [2.45, 2.75) is 25.4 Å². The second kappa shape index (κ2) is 1.83. The van der Waals surface area contributed by atoms with E-state index in [2.05, 4.69) is 6.92 Å². The second-order valence-corrected chi connectivity index (χ2v) is 3.05. The van der Waals surface area contributed by atoms with Gasteiger partial charge in [0, 0.05) is 7.05 Å². The van der Waals surface area contributed by atoms with E-state index in [0.717, 1.165) is 0 Å². The third-order valence-electron chi connectivity index (χ3n) is 2.07. The molecular formula is C6H9NO2S. The van der Waals surface area contributed by atoms with Crippen LogP contribution in [0.5, 0.6) is 0 Å². The van der Waals surface area contributed by atoms with Gasteiger partial charge >= 0.3 is 0 Å². The summed E-state index contributed by atoms with van der Waals surface area (Å²) in [5.74, 6) is 0. The molecule has 10 heavy (non-hydrogen) atoms. The Morgan fingerprint density at radius 2 is 2.30 bits per heavy atom. The van der Waals surface area contributed by atoms with E-state index in [0.29, 0.717) is 11.2 Å². The van der Waals surface area contributed by atoms with Crippen molar-refractivity contribution >= 4 is 17.4 Å². The van der Waals surface area contributed by atoms with Gasteiger partial charge in [0.2, 0.25) is 6.29 Å². The van der Waals surface area contributed by atoms with Crippen LogP contribution in [0.2, 0.25) is 0 Å². The maximum absolute atomic E-state index is 5.18. The average molecular weight is 159 g/mol. The molecule has 2 aliphatic heterocycles. The number of likely N-dealkylation sites (N-methyl/N-ethyl adjacent to an activating group) is 1. The lowest BCUT2D eigenvalue weighted by Crippen LogP contribution is -2.44. The van der Waals surface area contributed by atoms with Crippen LogP contribution in [-0.2, 0) is 9.47 Å². The summed E-state index contributed by atoms with van der Waals surface area (Å²) in [5.41, 5.74) is 0. The normalized spacial score (nSPS) is 44.4. The van der Waals surface area contributed by atoms with Gasteiger partial charge in [0.1, 0.15) is 6.10 Å². The summed E-state index contributed by atoms with van der Waals surface area (Å²) >= 11 is 4.93. The zero-order valence-corrected chi connectivity index (χ0v) is 6.72. The molecule has 0 spiro atoms. The molecule has 0 aromatic carbocycles. The van der Waals surface area contributed by atoms with Crippen LogP contribution in [0.15, 0.2) is 0 Å². The molecular weight excluding hydrogens is 150 g/mol. The first-order valence-electron chi connectivity index (χ1n) is 3.29. The van der Waals surface area contributed by atoms with Gasteiger partial charge in [-0.3, -0.25) is 0 Å². The fourth-order valence-corrected chi connectivity index (χ4v) is 1.38. The van der Waals surface area contributed by atoms with E-state index in [1.165, 1.54) is 0 Å². The van der Waals surface area contributed by atoms with Crippen molar-refractivity contribution in [3.05, 3.63) is 0 Å². The molecule has 2 rings (SSSR count). The first kappa shape index (κ1) is 6.37. The van der Waals surface area contributed by atoms with Crippen LogP contribution in [0.4, 0.5) is 0 Å². The van der Waals surface area contributed by atoms with Crippen LogP contribution in [0.3, 0.4) is 0 Å². The van der Waals surface area contributed by atoms with Crippen molar-refractivity contribution < 1.29 is 9.47 Å². The highest BCUT2D eigenvalue weighted by Gasteiger charge is 2.52. The average Bonchev–Trinajstić information content (AvgIpc) is 2.62. The molecule has 2 aliphatic rings. The number of epoxide rings is 1. The van der Waals surface area contributed by atoms with E-state index in [4.69, 9.17) is 21.7 Å². The van der Waals surface area contributed by atoms with E-state index < -0.39 is 0 Å². The number of nitrogens with zero attached hydrogens (tertiary/aromatic N) is 1. The highest BCUT2D eigenvalue weighted by Crippen LogP contribution is 2.33. The molecule has 2 saturated heterocycles. The van der Waals surface area contributed by atoms with Gasteiger partial charge in [-0.25, -0.2) is 0 Å². The largest absolute Gasteiger partial charge is 0.438 e. The molecule has 0 radical (unpaired) electrons. The summed E-state index contributed by atoms with van der Waals surface area (Å²) in [4.78, 5) is 1.92. The van der Waals surface area contributed by atoms with Crippen molar-refractivity contribution in [2.75, 3.05) is 7.05 Å². The molecule has 0 aromatic heterocycles. The Hall–Kier alpha value is -0.350. The van der Waals surface area contributed by atoms with Gasteiger partial charge in [-0.05, 0) is 19.1 Å². The fourth-order valence-electron chi connectivity index (χ4n) is 1.11. The summed E-state index contributed by atoms with van der Waals surface area (Å²) in [6.07, 6.45) is 0.204. The minimum Gasteiger partial charge on any atom is -0.438 e. The van der Waals surface area contributed by atoms with Crippen molar-refractivity contribution in [3.8, 4) is 0 Å². The van der Waals surface area contributed by atoms with Gasteiger partial charge in [-0.15, -0.1) is 0 Å². The molecule has 2 heterocycles. The highest BCUT2D eigenvalue weighted by atomic mass is 32.1. The van der Waals surface area contributed by atoms with Gasteiger partial charge in [0.05, 0.1) is 6.04 Å². The lowest BCUT2D eigenvalue weighted by molar-refractivity contribution is 0.141. The smallest absolute Gasteiger partial charge is 0.261 e. The fraction of sp³-hybridized carbons (Fsp3) is 0.833. The summed E-state index contributed by atoms with van der Waals surface area (Å²) in [5, 5.41) is 0.547. The molecule has 3 atom stereocenters.